The Labute approximate surface area is 178 Å². The second-order valence-electron chi connectivity index (χ2n) is 12.6. The van der Waals surface area contributed by atoms with Crippen LogP contribution < -0.4 is 0 Å². The molecule has 0 spiro atoms. The van der Waals surface area contributed by atoms with Gasteiger partial charge in [0.1, 0.15) is 0 Å². The summed E-state index contributed by atoms with van der Waals surface area (Å²) in [7, 11) is 0. The molecule has 162 valence electrons. The number of piperidine rings is 2. The predicted octanol–water partition coefficient (Wildman–Crippen LogP) is 5.51. The van der Waals surface area contributed by atoms with E-state index in [4.69, 9.17) is 0 Å². The molecule has 6 aliphatic rings. The Balaban J connectivity index is 1.27. The minimum absolute atomic E-state index is 0.0730. The fraction of sp³-hybridized carbons (Fsp3) is 0.926. The van der Waals surface area contributed by atoms with Crippen LogP contribution in [0.2, 0.25) is 0 Å². The van der Waals surface area contributed by atoms with E-state index in [1.54, 1.807) is 5.57 Å². The molecule has 4 aliphatic carbocycles. The number of fused-ring (bicyclic) bond motifs is 8. The Morgan fingerprint density at radius 2 is 1.76 bits per heavy atom. The van der Waals surface area contributed by atoms with Crippen LogP contribution in [-0.4, -0.2) is 35.2 Å². The van der Waals surface area contributed by atoms with Crippen LogP contribution in [0, 0.1) is 52.8 Å². The zero-order chi connectivity index (χ0) is 19.9. The molecule has 11 unspecified atom stereocenters. The summed E-state index contributed by atoms with van der Waals surface area (Å²) in [5, 5.41) is 10.3. The molecule has 0 amide bonds. The number of aliphatic hydroxyl groups excluding tert-OH is 1. The lowest BCUT2D eigenvalue weighted by Crippen LogP contribution is -2.58. The van der Waals surface area contributed by atoms with Crippen molar-refractivity contribution in [1.29, 1.82) is 0 Å². The van der Waals surface area contributed by atoms with Gasteiger partial charge in [-0.15, -0.1) is 0 Å². The Morgan fingerprint density at radius 1 is 0.931 bits per heavy atom. The lowest BCUT2D eigenvalue weighted by atomic mass is 9.56. The molecule has 0 aromatic carbocycles. The fourth-order valence-electron chi connectivity index (χ4n) is 9.95. The molecule has 2 heterocycles. The normalized spacial score (nSPS) is 57.0. The molecule has 0 radical (unpaired) electrons. The van der Waals surface area contributed by atoms with E-state index in [9.17, 15) is 5.11 Å². The van der Waals surface area contributed by atoms with E-state index in [0.717, 1.165) is 66.2 Å². The zero-order valence-electron chi connectivity index (χ0n) is 19.0. The molecule has 0 aromatic heterocycles. The fourth-order valence-corrected chi connectivity index (χ4v) is 9.95. The van der Waals surface area contributed by atoms with Gasteiger partial charge in [-0.05, 0) is 111 Å². The molecule has 2 heteroatoms. The average molecular weight is 398 g/mol. The van der Waals surface area contributed by atoms with Crippen molar-refractivity contribution >= 4 is 0 Å². The summed E-state index contributed by atoms with van der Waals surface area (Å²) in [5.41, 5.74) is 2.03. The molecular formula is C27H43NO. The van der Waals surface area contributed by atoms with Gasteiger partial charge in [-0.1, -0.05) is 32.4 Å². The van der Waals surface area contributed by atoms with Gasteiger partial charge < -0.3 is 5.11 Å². The first-order valence-electron chi connectivity index (χ1n) is 13.1. The molecule has 5 fully saturated rings. The van der Waals surface area contributed by atoms with Gasteiger partial charge in [-0.25, -0.2) is 0 Å². The summed E-state index contributed by atoms with van der Waals surface area (Å²) in [4.78, 5) is 2.95. The van der Waals surface area contributed by atoms with E-state index in [0.29, 0.717) is 5.41 Å². The van der Waals surface area contributed by atoms with Crippen LogP contribution in [0.5, 0.6) is 0 Å². The molecule has 6 rings (SSSR count). The van der Waals surface area contributed by atoms with Gasteiger partial charge >= 0.3 is 0 Å². The number of aliphatic hydroxyl groups is 1. The molecule has 0 aromatic rings. The third kappa shape index (κ3) is 2.80. The molecule has 2 nitrogen and oxygen atoms in total. The topological polar surface area (TPSA) is 23.5 Å². The monoisotopic (exact) mass is 397 g/mol. The van der Waals surface area contributed by atoms with Crippen molar-refractivity contribution in [3.63, 3.8) is 0 Å². The van der Waals surface area contributed by atoms with Crippen LogP contribution in [0.4, 0.5) is 0 Å². The van der Waals surface area contributed by atoms with Crippen molar-refractivity contribution in [2.75, 3.05) is 13.1 Å². The standard InChI is InChI=1S/C27H43NO/c1-16-4-9-26-17(2)20-7-8-21-22-6-5-18-12-19(29)10-11-27(18,3)25(22)13-23(21)24(20)15-28(26)14-16/h5,16-17,19-26,29H,4,6-15H2,1-3H3. The summed E-state index contributed by atoms with van der Waals surface area (Å²) in [5.74, 6) is 7.61. The summed E-state index contributed by atoms with van der Waals surface area (Å²) in [6.07, 6.45) is 14.5. The van der Waals surface area contributed by atoms with E-state index in [2.05, 4.69) is 31.7 Å². The van der Waals surface area contributed by atoms with Crippen molar-refractivity contribution in [1.82, 2.24) is 4.90 Å². The van der Waals surface area contributed by atoms with Crippen LogP contribution in [-0.2, 0) is 0 Å². The summed E-state index contributed by atoms with van der Waals surface area (Å²) >= 11 is 0. The quantitative estimate of drug-likeness (QED) is 0.545. The highest BCUT2D eigenvalue weighted by Crippen LogP contribution is 2.65. The lowest BCUT2D eigenvalue weighted by molar-refractivity contribution is -0.0715. The first-order chi connectivity index (χ1) is 14.0. The third-order valence-electron chi connectivity index (χ3n) is 11.4. The first kappa shape index (κ1) is 19.4. The van der Waals surface area contributed by atoms with Crippen LogP contribution >= 0.6 is 0 Å². The Bertz CT molecular complexity index is 684. The maximum atomic E-state index is 10.3. The highest BCUT2D eigenvalue weighted by Gasteiger charge is 2.59. The number of hydrogen-bond donors (Lipinski definition) is 1. The molecule has 0 bridgehead atoms. The van der Waals surface area contributed by atoms with Crippen LogP contribution in [0.15, 0.2) is 11.6 Å². The second-order valence-corrected chi connectivity index (χ2v) is 12.6. The molecule has 29 heavy (non-hydrogen) atoms. The minimum Gasteiger partial charge on any atom is -0.393 e. The van der Waals surface area contributed by atoms with Crippen molar-refractivity contribution in [3.8, 4) is 0 Å². The van der Waals surface area contributed by atoms with Crippen LogP contribution in [0.3, 0.4) is 0 Å². The van der Waals surface area contributed by atoms with Gasteiger partial charge in [0.25, 0.3) is 0 Å². The van der Waals surface area contributed by atoms with Gasteiger partial charge in [0.05, 0.1) is 6.10 Å². The minimum atomic E-state index is -0.0730. The molecule has 1 N–H and O–H groups in total. The molecule has 2 aliphatic heterocycles. The number of allylic oxidation sites excluding steroid dienone is 1. The molecular weight excluding hydrogens is 354 g/mol. The highest BCUT2D eigenvalue weighted by atomic mass is 16.3. The Morgan fingerprint density at radius 3 is 2.62 bits per heavy atom. The Hall–Kier alpha value is -0.340. The first-order valence-corrected chi connectivity index (χ1v) is 13.1. The van der Waals surface area contributed by atoms with Crippen molar-refractivity contribution in [3.05, 3.63) is 11.6 Å². The van der Waals surface area contributed by atoms with Gasteiger partial charge in [-0.2, -0.15) is 0 Å². The number of rotatable bonds is 0. The van der Waals surface area contributed by atoms with Crippen molar-refractivity contribution in [2.45, 2.75) is 90.7 Å². The van der Waals surface area contributed by atoms with Gasteiger partial charge in [0.15, 0.2) is 0 Å². The van der Waals surface area contributed by atoms with E-state index in [1.807, 2.05) is 0 Å². The smallest absolute Gasteiger partial charge is 0.0577 e. The largest absolute Gasteiger partial charge is 0.393 e. The summed E-state index contributed by atoms with van der Waals surface area (Å²) in [6.45, 7) is 10.5. The van der Waals surface area contributed by atoms with Crippen LogP contribution in [0.1, 0.15) is 78.6 Å². The van der Waals surface area contributed by atoms with Gasteiger partial charge in [0.2, 0.25) is 0 Å². The maximum Gasteiger partial charge on any atom is 0.0577 e. The summed E-state index contributed by atoms with van der Waals surface area (Å²) < 4.78 is 0. The van der Waals surface area contributed by atoms with Crippen molar-refractivity contribution < 1.29 is 5.11 Å². The van der Waals surface area contributed by atoms with Gasteiger partial charge in [-0.3, -0.25) is 4.90 Å². The summed E-state index contributed by atoms with van der Waals surface area (Å²) in [6, 6.07) is 0.887. The SMILES string of the molecule is CC1CCC2C(C)C3CCC4C(CC5C4CC=C4CC(O)CCC45C)C3CN2C1. The highest BCUT2D eigenvalue weighted by molar-refractivity contribution is 5.25. The third-order valence-corrected chi connectivity index (χ3v) is 11.4. The van der Waals surface area contributed by atoms with Crippen molar-refractivity contribution in [2.24, 2.45) is 52.8 Å². The number of nitrogens with zero attached hydrogens (tertiary/aromatic N) is 1. The second kappa shape index (κ2) is 6.83. The predicted molar refractivity (Wildman–Crippen MR) is 118 cm³/mol. The zero-order valence-corrected chi connectivity index (χ0v) is 19.0. The van der Waals surface area contributed by atoms with Gasteiger partial charge in [0, 0.05) is 19.1 Å². The van der Waals surface area contributed by atoms with E-state index >= 15 is 0 Å². The van der Waals surface area contributed by atoms with E-state index < -0.39 is 0 Å². The van der Waals surface area contributed by atoms with E-state index in [-0.39, 0.29) is 6.10 Å². The Kier molecular flexibility index (Phi) is 4.56. The lowest BCUT2D eigenvalue weighted by Gasteiger charge is -2.56. The van der Waals surface area contributed by atoms with E-state index in [1.165, 1.54) is 58.0 Å². The number of hydrogen-bond acceptors (Lipinski definition) is 2. The van der Waals surface area contributed by atoms with Crippen LogP contribution in [0.25, 0.3) is 0 Å². The maximum absolute atomic E-state index is 10.3. The molecule has 3 saturated carbocycles. The molecule has 11 atom stereocenters. The molecule has 2 saturated heterocycles. The average Bonchev–Trinajstić information content (AvgIpc) is 3.09.